The number of hydrogen-bond acceptors (Lipinski definition) is 5. The molecule has 5 heteroatoms. The zero-order valence-electron chi connectivity index (χ0n) is 11.6. The van der Waals surface area contributed by atoms with Crippen LogP contribution in [-0.2, 0) is 13.1 Å². The Bertz CT molecular complexity index is 527. The van der Waals surface area contributed by atoms with Gasteiger partial charge in [0.15, 0.2) is 0 Å². The summed E-state index contributed by atoms with van der Waals surface area (Å²) in [5, 5.41) is 3.11. The zero-order chi connectivity index (χ0) is 13.7. The molecule has 0 aliphatic carbocycles. The normalized spacial score (nSPS) is 10.5. The van der Waals surface area contributed by atoms with E-state index < -0.39 is 0 Å². The van der Waals surface area contributed by atoms with Gasteiger partial charge in [0.1, 0.15) is 0 Å². The van der Waals surface area contributed by atoms with Gasteiger partial charge in [0.2, 0.25) is 5.95 Å². The van der Waals surface area contributed by atoms with Gasteiger partial charge in [-0.15, -0.1) is 0 Å². The van der Waals surface area contributed by atoms with Gasteiger partial charge in [0.25, 0.3) is 0 Å². The van der Waals surface area contributed by atoms with Crippen LogP contribution in [0.25, 0.3) is 0 Å². The van der Waals surface area contributed by atoms with E-state index in [9.17, 15) is 0 Å². The van der Waals surface area contributed by atoms with Gasteiger partial charge in [-0.25, -0.2) is 9.97 Å². The Morgan fingerprint density at radius 2 is 2.00 bits per heavy atom. The van der Waals surface area contributed by atoms with E-state index in [0.29, 0.717) is 0 Å². The molecular formula is C14H19N5. The second-order valence-corrected chi connectivity index (χ2v) is 4.52. The van der Waals surface area contributed by atoms with Gasteiger partial charge in [-0.05, 0) is 31.7 Å². The lowest BCUT2D eigenvalue weighted by molar-refractivity contribution is 0.785. The summed E-state index contributed by atoms with van der Waals surface area (Å²) in [6, 6.07) is 4.00. The molecule has 1 N–H and O–H groups in total. The first-order chi connectivity index (χ1) is 9.20. The Morgan fingerprint density at radius 3 is 2.63 bits per heavy atom. The third-order valence-electron chi connectivity index (χ3n) is 2.95. The molecule has 0 amide bonds. The van der Waals surface area contributed by atoms with Gasteiger partial charge >= 0.3 is 0 Å². The Labute approximate surface area is 113 Å². The van der Waals surface area contributed by atoms with Gasteiger partial charge in [-0.2, -0.15) is 0 Å². The minimum atomic E-state index is 0.745. The minimum Gasteiger partial charge on any atom is -0.340 e. The zero-order valence-corrected chi connectivity index (χ0v) is 11.6. The molecule has 0 bridgehead atoms. The van der Waals surface area contributed by atoms with Crippen molar-refractivity contribution in [2.24, 2.45) is 0 Å². The monoisotopic (exact) mass is 257 g/mol. The van der Waals surface area contributed by atoms with Crippen LogP contribution >= 0.6 is 0 Å². The SMILES string of the molecule is CNCc1cnc(N(C)Cc2ccncc2)nc1C. The number of aryl methyl sites for hydroxylation is 1. The van der Waals surface area contributed by atoms with Crippen molar-refractivity contribution in [2.75, 3.05) is 19.0 Å². The lowest BCUT2D eigenvalue weighted by Crippen LogP contribution is -2.20. The third-order valence-corrected chi connectivity index (χ3v) is 2.95. The highest BCUT2D eigenvalue weighted by molar-refractivity contribution is 5.33. The molecule has 5 nitrogen and oxygen atoms in total. The summed E-state index contributed by atoms with van der Waals surface area (Å²) in [5.41, 5.74) is 3.34. The van der Waals surface area contributed by atoms with Gasteiger partial charge < -0.3 is 10.2 Å². The van der Waals surface area contributed by atoms with Crippen molar-refractivity contribution in [2.45, 2.75) is 20.0 Å². The average Bonchev–Trinajstić information content (AvgIpc) is 2.42. The summed E-state index contributed by atoms with van der Waals surface area (Å²) < 4.78 is 0. The molecule has 19 heavy (non-hydrogen) atoms. The number of nitrogens with one attached hydrogen (secondary N) is 1. The molecule has 0 aromatic carbocycles. The first-order valence-corrected chi connectivity index (χ1v) is 6.28. The van der Waals surface area contributed by atoms with Gasteiger partial charge in [-0.1, -0.05) is 0 Å². The van der Waals surface area contributed by atoms with E-state index >= 15 is 0 Å². The van der Waals surface area contributed by atoms with Crippen molar-refractivity contribution in [3.63, 3.8) is 0 Å². The maximum Gasteiger partial charge on any atom is 0.225 e. The second kappa shape index (κ2) is 6.24. The maximum atomic E-state index is 4.55. The Kier molecular flexibility index (Phi) is 4.41. The van der Waals surface area contributed by atoms with Crippen LogP contribution in [0.4, 0.5) is 5.95 Å². The van der Waals surface area contributed by atoms with E-state index in [1.54, 1.807) is 12.4 Å². The maximum absolute atomic E-state index is 4.55. The lowest BCUT2D eigenvalue weighted by atomic mass is 10.2. The van der Waals surface area contributed by atoms with Crippen molar-refractivity contribution in [1.82, 2.24) is 20.3 Å². The van der Waals surface area contributed by atoms with E-state index in [1.807, 2.05) is 44.2 Å². The van der Waals surface area contributed by atoms with Crippen LogP contribution in [0.1, 0.15) is 16.8 Å². The molecule has 0 aliphatic heterocycles. The van der Waals surface area contributed by atoms with Crippen LogP contribution in [0.3, 0.4) is 0 Å². The molecule has 0 aliphatic rings. The number of pyridine rings is 1. The summed E-state index contributed by atoms with van der Waals surface area (Å²) in [6.45, 7) is 3.58. The van der Waals surface area contributed by atoms with Crippen LogP contribution in [0.5, 0.6) is 0 Å². The quantitative estimate of drug-likeness (QED) is 0.880. The number of hydrogen-bond donors (Lipinski definition) is 1. The molecule has 0 saturated heterocycles. The summed E-state index contributed by atoms with van der Waals surface area (Å²) >= 11 is 0. The van der Waals surface area contributed by atoms with Crippen LogP contribution in [-0.4, -0.2) is 29.0 Å². The lowest BCUT2D eigenvalue weighted by Gasteiger charge is -2.18. The molecule has 0 saturated carbocycles. The predicted octanol–water partition coefficient (Wildman–Crippen LogP) is 1.54. The molecule has 0 atom stereocenters. The summed E-state index contributed by atoms with van der Waals surface area (Å²) in [7, 11) is 3.91. The van der Waals surface area contributed by atoms with Crippen LogP contribution in [0.15, 0.2) is 30.7 Å². The van der Waals surface area contributed by atoms with Crippen molar-refractivity contribution in [3.8, 4) is 0 Å². The summed E-state index contributed by atoms with van der Waals surface area (Å²) in [5.74, 6) is 0.745. The molecule has 100 valence electrons. The Balaban J connectivity index is 2.11. The van der Waals surface area contributed by atoms with Gasteiger partial charge in [-0.3, -0.25) is 4.98 Å². The largest absolute Gasteiger partial charge is 0.340 e. The Hall–Kier alpha value is -2.01. The number of rotatable bonds is 5. The molecule has 2 rings (SSSR count). The predicted molar refractivity (Wildman–Crippen MR) is 75.9 cm³/mol. The molecule has 2 aromatic rings. The highest BCUT2D eigenvalue weighted by Crippen LogP contribution is 2.12. The van der Waals surface area contributed by atoms with Crippen molar-refractivity contribution in [3.05, 3.63) is 47.5 Å². The summed E-state index contributed by atoms with van der Waals surface area (Å²) in [6.07, 6.45) is 5.48. The van der Waals surface area contributed by atoms with Crippen molar-refractivity contribution in [1.29, 1.82) is 0 Å². The molecule has 2 aromatic heterocycles. The topological polar surface area (TPSA) is 53.9 Å². The fourth-order valence-corrected chi connectivity index (χ4v) is 1.86. The van der Waals surface area contributed by atoms with Gasteiger partial charge in [0.05, 0.1) is 0 Å². The fraction of sp³-hybridized carbons (Fsp3) is 0.357. The number of aromatic nitrogens is 3. The van der Waals surface area contributed by atoms with Crippen molar-refractivity contribution >= 4 is 5.95 Å². The van der Waals surface area contributed by atoms with Crippen molar-refractivity contribution < 1.29 is 0 Å². The minimum absolute atomic E-state index is 0.745. The van der Waals surface area contributed by atoms with Crippen LogP contribution in [0.2, 0.25) is 0 Å². The standard InChI is InChI=1S/C14H19N5/c1-11-13(8-15-2)9-17-14(18-11)19(3)10-12-4-6-16-7-5-12/h4-7,9,15H,8,10H2,1-3H3. The van der Waals surface area contributed by atoms with E-state index in [1.165, 1.54) is 5.56 Å². The van der Waals surface area contributed by atoms with E-state index in [-0.39, 0.29) is 0 Å². The number of nitrogens with zero attached hydrogens (tertiary/aromatic N) is 4. The highest BCUT2D eigenvalue weighted by Gasteiger charge is 2.07. The first-order valence-electron chi connectivity index (χ1n) is 6.28. The first kappa shape index (κ1) is 13.4. The highest BCUT2D eigenvalue weighted by atomic mass is 15.2. The smallest absolute Gasteiger partial charge is 0.225 e. The molecule has 0 spiro atoms. The molecular weight excluding hydrogens is 238 g/mol. The molecule has 0 fully saturated rings. The van der Waals surface area contributed by atoms with E-state index in [2.05, 4.69) is 20.3 Å². The third kappa shape index (κ3) is 3.48. The molecule has 0 radical (unpaired) electrons. The van der Waals surface area contributed by atoms with Crippen LogP contribution < -0.4 is 10.2 Å². The molecule has 2 heterocycles. The molecule has 0 unspecified atom stereocenters. The fourth-order valence-electron chi connectivity index (χ4n) is 1.86. The van der Waals surface area contributed by atoms with E-state index in [4.69, 9.17) is 0 Å². The number of anilines is 1. The Morgan fingerprint density at radius 1 is 1.26 bits per heavy atom. The van der Waals surface area contributed by atoms with Gasteiger partial charge in [0, 0.05) is 50.0 Å². The second-order valence-electron chi connectivity index (χ2n) is 4.52. The average molecular weight is 257 g/mol. The van der Waals surface area contributed by atoms with E-state index in [0.717, 1.165) is 30.3 Å². The summed E-state index contributed by atoms with van der Waals surface area (Å²) in [4.78, 5) is 15.0. The van der Waals surface area contributed by atoms with Crippen LogP contribution in [0, 0.1) is 6.92 Å².